The summed E-state index contributed by atoms with van der Waals surface area (Å²) < 4.78 is 4.70. The molecule has 1 saturated heterocycles. The highest BCUT2D eigenvalue weighted by Crippen LogP contribution is 2.31. The average Bonchev–Trinajstić information content (AvgIpc) is 2.27. The number of carbonyl (C=O) groups excluding carboxylic acids is 2. The molecule has 1 aliphatic heterocycles. The third-order valence-electron chi connectivity index (χ3n) is 3.99. The SMILES string of the molecule is COC(=O)CC1CCCCN1C(=O)C1CCC1. The number of methoxy groups -OCH3 is 1. The molecule has 1 aliphatic carbocycles. The summed E-state index contributed by atoms with van der Waals surface area (Å²) in [5, 5.41) is 0. The van der Waals surface area contributed by atoms with Crippen LogP contribution in [0.4, 0.5) is 0 Å². The largest absolute Gasteiger partial charge is 0.469 e. The summed E-state index contributed by atoms with van der Waals surface area (Å²) in [7, 11) is 1.41. The summed E-state index contributed by atoms with van der Waals surface area (Å²) in [6, 6.07) is 0.0734. The van der Waals surface area contributed by atoms with Crippen molar-refractivity contribution in [3.8, 4) is 0 Å². The lowest BCUT2D eigenvalue weighted by molar-refractivity contribution is -0.147. The van der Waals surface area contributed by atoms with E-state index in [0.29, 0.717) is 6.42 Å². The van der Waals surface area contributed by atoms with Crippen LogP contribution in [-0.4, -0.2) is 36.5 Å². The van der Waals surface area contributed by atoms with Gasteiger partial charge in [0, 0.05) is 18.5 Å². The van der Waals surface area contributed by atoms with Crippen LogP contribution in [-0.2, 0) is 14.3 Å². The van der Waals surface area contributed by atoms with E-state index >= 15 is 0 Å². The molecule has 1 saturated carbocycles. The molecule has 1 unspecified atom stereocenters. The van der Waals surface area contributed by atoms with Gasteiger partial charge in [-0.05, 0) is 32.1 Å². The molecule has 2 rings (SSSR count). The number of nitrogens with zero attached hydrogens (tertiary/aromatic N) is 1. The zero-order valence-corrected chi connectivity index (χ0v) is 10.5. The molecule has 2 fully saturated rings. The molecule has 0 bridgehead atoms. The second-order valence-corrected chi connectivity index (χ2v) is 5.09. The van der Waals surface area contributed by atoms with Crippen LogP contribution in [0.3, 0.4) is 0 Å². The summed E-state index contributed by atoms with van der Waals surface area (Å²) in [5.41, 5.74) is 0. The molecule has 4 heteroatoms. The van der Waals surface area contributed by atoms with E-state index in [1.807, 2.05) is 4.90 Å². The molecule has 1 heterocycles. The molecule has 1 amide bonds. The number of amides is 1. The summed E-state index contributed by atoms with van der Waals surface area (Å²) in [5.74, 6) is 0.293. The Morgan fingerprint density at radius 1 is 1.18 bits per heavy atom. The van der Waals surface area contributed by atoms with Crippen molar-refractivity contribution in [3.05, 3.63) is 0 Å². The lowest BCUT2D eigenvalue weighted by Crippen LogP contribution is -2.48. The van der Waals surface area contributed by atoms with Crippen LogP contribution in [0, 0.1) is 5.92 Å². The third-order valence-corrected chi connectivity index (χ3v) is 3.99. The number of piperidine rings is 1. The fourth-order valence-electron chi connectivity index (χ4n) is 2.67. The number of carbonyl (C=O) groups is 2. The number of esters is 1. The van der Waals surface area contributed by atoms with E-state index in [9.17, 15) is 9.59 Å². The quantitative estimate of drug-likeness (QED) is 0.705. The molecule has 1 atom stereocenters. The van der Waals surface area contributed by atoms with Crippen molar-refractivity contribution in [2.75, 3.05) is 13.7 Å². The maximum atomic E-state index is 12.2. The van der Waals surface area contributed by atoms with Crippen LogP contribution in [0.25, 0.3) is 0 Å². The number of hydrogen-bond donors (Lipinski definition) is 0. The van der Waals surface area contributed by atoms with E-state index < -0.39 is 0 Å². The maximum Gasteiger partial charge on any atom is 0.307 e. The van der Waals surface area contributed by atoms with Crippen molar-refractivity contribution in [1.82, 2.24) is 4.90 Å². The first kappa shape index (κ1) is 12.4. The van der Waals surface area contributed by atoms with Crippen molar-refractivity contribution < 1.29 is 14.3 Å². The van der Waals surface area contributed by atoms with Crippen LogP contribution < -0.4 is 0 Å². The van der Waals surface area contributed by atoms with Crippen molar-refractivity contribution in [1.29, 1.82) is 0 Å². The fraction of sp³-hybridized carbons (Fsp3) is 0.846. The van der Waals surface area contributed by atoms with Crippen LogP contribution in [0.1, 0.15) is 44.9 Å². The van der Waals surface area contributed by atoms with Gasteiger partial charge in [0.25, 0.3) is 0 Å². The van der Waals surface area contributed by atoms with Gasteiger partial charge >= 0.3 is 5.97 Å². The molecule has 0 aromatic rings. The van der Waals surface area contributed by atoms with E-state index in [-0.39, 0.29) is 23.8 Å². The standard InChI is InChI=1S/C13H21NO3/c1-17-12(15)9-11-7-2-3-8-14(11)13(16)10-5-4-6-10/h10-11H,2-9H2,1H3. The molecular formula is C13H21NO3. The van der Waals surface area contributed by atoms with Gasteiger partial charge in [0.2, 0.25) is 5.91 Å². The maximum absolute atomic E-state index is 12.2. The van der Waals surface area contributed by atoms with Crippen LogP contribution in [0.2, 0.25) is 0 Å². The summed E-state index contributed by atoms with van der Waals surface area (Å²) in [4.78, 5) is 25.5. The van der Waals surface area contributed by atoms with Gasteiger partial charge in [0.1, 0.15) is 0 Å². The van der Waals surface area contributed by atoms with E-state index in [1.165, 1.54) is 13.5 Å². The second kappa shape index (κ2) is 5.52. The fourth-order valence-corrected chi connectivity index (χ4v) is 2.67. The summed E-state index contributed by atoms with van der Waals surface area (Å²) >= 11 is 0. The Morgan fingerprint density at radius 2 is 1.94 bits per heavy atom. The first-order chi connectivity index (χ1) is 8.22. The first-order valence-corrected chi connectivity index (χ1v) is 6.59. The minimum absolute atomic E-state index is 0.0734. The van der Waals surface area contributed by atoms with Crippen LogP contribution in [0.5, 0.6) is 0 Å². The predicted molar refractivity (Wildman–Crippen MR) is 63.3 cm³/mol. The molecule has 4 nitrogen and oxygen atoms in total. The lowest BCUT2D eigenvalue weighted by Gasteiger charge is -2.39. The van der Waals surface area contributed by atoms with Gasteiger partial charge in [-0.2, -0.15) is 0 Å². The van der Waals surface area contributed by atoms with Crippen molar-refractivity contribution in [3.63, 3.8) is 0 Å². The van der Waals surface area contributed by atoms with Crippen LogP contribution in [0.15, 0.2) is 0 Å². The Morgan fingerprint density at radius 3 is 2.53 bits per heavy atom. The molecular weight excluding hydrogens is 218 g/mol. The van der Waals surface area contributed by atoms with Crippen molar-refractivity contribution in [2.45, 2.75) is 51.0 Å². The zero-order chi connectivity index (χ0) is 12.3. The van der Waals surface area contributed by atoms with Gasteiger partial charge in [0.05, 0.1) is 13.5 Å². The average molecular weight is 239 g/mol. The Hall–Kier alpha value is -1.06. The second-order valence-electron chi connectivity index (χ2n) is 5.09. The van der Waals surface area contributed by atoms with Crippen LogP contribution >= 0.6 is 0 Å². The predicted octanol–water partition coefficient (Wildman–Crippen LogP) is 1.73. The molecule has 96 valence electrons. The summed E-state index contributed by atoms with van der Waals surface area (Å²) in [6.45, 7) is 0.816. The number of rotatable bonds is 3. The van der Waals surface area contributed by atoms with E-state index in [0.717, 1.165) is 38.6 Å². The minimum Gasteiger partial charge on any atom is -0.469 e. The molecule has 0 spiro atoms. The highest BCUT2D eigenvalue weighted by Gasteiger charge is 2.35. The molecule has 0 aromatic heterocycles. The Balaban J connectivity index is 1.95. The lowest BCUT2D eigenvalue weighted by atomic mass is 9.83. The van der Waals surface area contributed by atoms with E-state index in [2.05, 4.69) is 0 Å². The van der Waals surface area contributed by atoms with Crippen molar-refractivity contribution in [2.24, 2.45) is 5.92 Å². The van der Waals surface area contributed by atoms with Gasteiger partial charge in [-0.25, -0.2) is 0 Å². The van der Waals surface area contributed by atoms with Gasteiger partial charge in [-0.15, -0.1) is 0 Å². The Labute approximate surface area is 102 Å². The van der Waals surface area contributed by atoms with Gasteiger partial charge < -0.3 is 9.64 Å². The highest BCUT2D eigenvalue weighted by atomic mass is 16.5. The zero-order valence-electron chi connectivity index (χ0n) is 10.5. The third kappa shape index (κ3) is 2.79. The van der Waals surface area contributed by atoms with Gasteiger partial charge in [-0.3, -0.25) is 9.59 Å². The first-order valence-electron chi connectivity index (χ1n) is 6.59. The molecule has 0 radical (unpaired) electrons. The summed E-state index contributed by atoms with van der Waals surface area (Å²) in [6.07, 6.45) is 6.70. The molecule has 0 N–H and O–H groups in total. The smallest absolute Gasteiger partial charge is 0.307 e. The number of hydrogen-bond acceptors (Lipinski definition) is 3. The van der Waals surface area contributed by atoms with E-state index in [1.54, 1.807) is 0 Å². The van der Waals surface area contributed by atoms with Crippen molar-refractivity contribution >= 4 is 11.9 Å². The minimum atomic E-state index is -0.205. The van der Waals surface area contributed by atoms with Gasteiger partial charge in [-0.1, -0.05) is 6.42 Å². The number of ether oxygens (including phenoxy) is 1. The Kier molecular flexibility index (Phi) is 4.02. The topological polar surface area (TPSA) is 46.6 Å². The van der Waals surface area contributed by atoms with Gasteiger partial charge in [0.15, 0.2) is 0 Å². The number of likely N-dealkylation sites (tertiary alicyclic amines) is 1. The van der Waals surface area contributed by atoms with E-state index in [4.69, 9.17) is 4.74 Å². The molecule has 17 heavy (non-hydrogen) atoms. The monoisotopic (exact) mass is 239 g/mol. The molecule has 2 aliphatic rings. The normalized spacial score (nSPS) is 25.2. The Bertz CT molecular complexity index is 299. The molecule has 0 aromatic carbocycles. The highest BCUT2D eigenvalue weighted by molar-refractivity contribution is 5.81.